The average Bonchev–Trinajstić information content (AvgIpc) is 3.28. The number of halogens is 4. The Balaban J connectivity index is 1.89. The lowest BCUT2D eigenvalue weighted by atomic mass is 10.1. The molecule has 1 aliphatic heterocycles. The van der Waals surface area contributed by atoms with Gasteiger partial charge in [-0.2, -0.15) is 18.3 Å². The summed E-state index contributed by atoms with van der Waals surface area (Å²) in [5.74, 6) is 0.103. The van der Waals surface area contributed by atoms with Crippen LogP contribution in [0.4, 0.5) is 19.0 Å². The molecule has 2 heterocycles. The molecule has 2 aromatic rings. The van der Waals surface area contributed by atoms with Crippen LogP contribution >= 0.6 is 11.6 Å². The first-order chi connectivity index (χ1) is 13.6. The van der Waals surface area contributed by atoms with Crippen LogP contribution in [0.3, 0.4) is 0 Å². The number of anilines is 1. The summed E-state index contributed by atoms with van der Waals surface area (Å²) in [7, 11) is 0. The molecular formula is C18H20ClF3N6O. The van der Waals surface area contributed by atoms with Gasteiger partial charge in [-0.15, -0.1) is 5.53 Å². The first-order valence-electron chi connectivity index (χ1n) is 8.78. The zero-order chi connectivity index (χ0) is 21.3. The number of benzene rings is 1. The number of aromatic nitrogens is 2. The molecule has 156 valence electrons. The number of hydrazine groups is 2. The highest BCUT2D eigenvalue weighted by atomic mass is 35.5. The number of hydrogen-bond donors (Lipinski definition) is 3. The lowest BCUT2D eigenvalue weighted by Gasteiger charge is -2.28. The Kier molecular flexibility index (Phi) is 5.76. The molecule has 3 rings (SSSR count). The maximum absolute atomic E-state index is 13.2. The summed E-state index contributed by atoms with van der Waals surface area (Å²) in [5.41, 5.74) is 6.18. The third kappa shape index (κ3) is 4.18. The topological polar surface area (TPSA) is 76.3 Å². The van der Waals surface area contributed by atoms with Crippen LogP contribution < -0.4 is 16.0 Å². The molecule has 1 aliphatic rings. The molecule has 0 aliphatic carbocycles. The van der Waals surface area contributed by atoms with Crippen molar-refractivity contribution in [3.63, 3.8) is 0 Å². The Hall–Kier alpha value is -2.72. The SMILES string of the molecule is CC1=C(CN(C(=O)c2cccc(C(F)(F)F)c2Cl)C(C)C)NNN1c1ccn[nH]1. The second kappa shape index (κ2) is 7.96. The first-order valence-corrected chi connectivity index (χ1v) is 9.16. The molecular weight excluding hydrogens is 409 g/mol. The Labute approximate surface area is 170 Å². The Bertz CT molecular complexity index is 926. The Morgan fingerprint density at radius 2 is 2.03 bits per heavy atom. The average molecular weight is 429 g/mol. The van der Waals surface area contributed by atoms with Gasteiger partial charge in [-0.25, -0.2) is 5.01 Å². The molecule has 29 heavy (non-hydrogen) atoms. The molecule has 0 bridgehead atoms. The van der Waals surface area contributed by atoms with E-state index in [1.54, 1.807) is 31.1 Å². The van der Waals surface area contributed by atoms with E-state index in [4.69, 9.17) is 11.6 Å². The van der Waals surface area contributed by atoms with E-state index < -0.39 is 22.7 Å². The second-order valence-electron chi connectivity index (χ2n) is 6.77. The van der Waals surface area contributed by atoms with E-state index >= 15 is 0 Å². The fraction of sp³-hybridized carbons (Fsp3) is 0.333. The maximum atomic E-state index is 13.2. The quantitative estimate of drug-likeness (QED) is 0.677. The molecule has 0 spiro atoms. The van der Waals surface area contributed by atoms with Gasteiger partial charge in [-0.1, -0.05) is 17.7 Å². The van der Waals surface area contributed by atoms with Gasteiger partial charge in [0.15, 0.2) is 0 Å². The van der Waals surface area contributed by atoms with Crippen molar-refractivity contribution in [2.45, 2.75) is 33.0 Å². The number of carbonyl (C=O) groups is 1. The summed E-state index contributed by atoms with van der Waals surface area (Å²) in [6.07, 6.45) is -3.04. The molecule has 0 radical (unpaired) electrons. The lowest BCUT2D eigenvalue weighted by molar-refractivity contribution is -0.137. The molecule has 1 aromatic heterocycles. The van der Waals surface area contributed by atoms with Crippen molar-refractivity contribution in [3.8, 4) is 0 Å². The summed E-state index contributed by atoms with van der Waals surface area (Å²) in [4.78, 5) is 14.5. The highest BCUT2D eigenvalue weighted by Gasteiger charge is 2.36. The number of carbonyl (C=O) groups excluding carboxylic acids is 1. The Morgan fingerprint density at radius 1 is 1.31 bits per heavy atom. The van der Waals surface area contributed by atoms with Crippen molar-refractivity contribution in [1.82, 2.24) is 26.1 Å². The fourth-order valence-corrected chi connectivity index (χ4v) is 3.24. The lowest BCUT2D eigenvalue weighted by Crippen LogP contribution is -2.42. The van der Waals surface area contributed by atoms with Gasteiger partial charge in [0.1, 0.15) is 5.82 Å². The predicted molar refractivity (Wildman–Crippen MR) is 103 cm³/mol. The summed E-state index contributed by atoms with van der Waals surface area (Å²) < 4.78 is 39.5. The van der Waals surface area contributed by atoms with Crippen LogP contribution in [-0.2, 0) is 6.18 Å². The fourth-order valence-electron chi connectivity index (χ4n) is 2.93. The first kappa shape index (κ1) is 21.0. The number of rotatable bonds is 5. The number of nitrogens with one attached hydrogen (secondary N) is 3. The second-order valence-corrected chi connectivity index (χ2v) is 7.15. The molecule has 0 fully saturated rings. The summed E-state index contributed by atoms with van der Waals surface area (Å²) in [6, 6.07) is 4.82. The Morgan fingerprint density at radius 3 is 2.62 bits per heavy atom. The molecule has 0 unspecified atom stereocenters. The van der Waals surface area contributed by atoms with Gasteiger partial charge in [0.25, 0.3) is 5.91 Å². The van der Waals surface area contributed by atoms with Crippen molar-refractivity contribution in [3.05, 3.63) is 58.0 Å². The van der Waals surface area contributed by atoms with Crippen LogP contribution in [0.1, 0.15) is 36.7 Å². The number of allylic oxidation sites excluding steroid dienone is 1. The van der Waals surface area contributed by atoms with E-state index in [9.17, 15) is 18.0 Å². The van der Waals surface area contributed by atoms with E-state index in [0.29, 0.717) is 11.5 Å². The van der Waals surface area contributed by atoms with E-state index in [1.165, 1.54) is 17.0 Å². The van der Waals surface area contributed by atoms with Crippen LogP contribution in [0.15, 0.2) is 41.9 Å². The number of H-pyrrole nitrogens is 1. The van der Waals surface area contributed by atoms with Crippen LogP contribution in [0.25, 0.3) is 0 Å². The molecule has 1 amide bonds. The van der Waals surface area contributed by atoms with Crippen molar-refractivity contribution in [2.24, 2.45) is 0 Å². The normalized spacial score (nSPS) is 14.6. The number of nitrogens with zero attached hydrogens (tertiary/aromatic N) is 3. The van der Waals surface area contributed by atoms with Gasteiger partial charge in [-0.3, -0.25) is 9.89 Å². The van der Waals surface area contributed by atoms with Crippen LogP contribution in [0.2, 0.25) is 5.02 Å². The largest absolute Gasteiger partial charge is 0.417 e. The molecule has 3 N–H and O–H groups in total. The van der Waals surface area contributed by atoms with Crippen molar-refractivity contribution in [2.75, 3.05) is 11.6 Å². The van der Waals surface area contributed by atoms with E-state index in [2.05, 4.69) is 21.2 Å². The minimum absolute atomic E-state index is 0.145. The van der Waals surface area contributed by atoms with Crippen molar-refractivity contribution >= 4 is 23.3 Å². The van der Waals surface area contributed by atoms with Gasteiger partial charge in [-0.05, 0) is 32.9 Å². The zero-order valence-corrected chi connectivity index (χ0v) is 16.7. The van der Waals surface area contributed by atoms with E-state index in [1.807, 2.05) is 6.92 Å². The van der Waals surface area contributed by atoms with Crippen molar-refractivity contribution in [1.29, 1.82) is 0 Å². The molecule has 0 atom stereocenters. The number of amides is 1. The van der Waals surface area contributed by atoms with E-state index in [-0.39, 0.29) is 18.2 Å². The number of hydrogen-bond acceptors (Lipinski definition) is 5. The number of alkyl halides is 3. The summed E-state index contributed by atoms with van der Waals surface area (Å²) in [6.45, 7) is 5.55. The van der Waals surface area contributed by atoms with Gasteiger partial charge in [0.05, 0.1) is 40.3 Å². The highest BCUT2D eigenvalue weighted by Crippen LogP contribution is 2.36. The predicted octanol–water partition coefficient (Wildman–Crippen LogP) is 3.69. The van der Waals surface area contributed by atoms with Gasteiger partial charge in [0, 0.05) is 12.1 Å². The highest BCUT2D eigenvalue weighted by molar-refractivity contribution is 6.34. The van der Waals surface area contributed by atoms with Gasteiger partial charge in [0.2, 0.25) is 0 Å². The van der Waals surface area contributed by atoms with Gasteiger partial charge >= 0.3 is 6.18 Å². The minimum atomic E-state index is -4.64. The monoisotopic (exact) mass is 428 g/mol. The molecule has 7 nitrogen and oxygen atoms in total. The molecule has 1 aromatic carbocycles. The van der Waals surface area contributed by atoms with Gasteiger partial charge < -0.3 is 10.3 Å². The summed E-state index contributed by atoms with van der Waals surface area (Å²) in [5, 5.41) is 7.82. The third-order valence-corrected chi connectivity index (χ3v) is 4.97. The molecule has 11 heteroatoms. The number of aromatic amines is 1. The van der Waals surface area contributed by atoms with E-state index in [0.717, 1.165) is 11.8 Å². The van der Waals surface area contributed by atoms with Crippen molar-refractivity contribution < 1.29 is 18.0 Å². The maximum Gasteiger partial charge on any atom is 0.417 e. The van der Waals surface area contributed by atoms with Crippen LogP contribution in [-0.4, -0.2) is 33.6 Å². The summed E-state index contributed by atoms with van der Waals surface area (Å²) >= 11 is 5.95. The molecule has 0 saturated heterocycles. The minimum Gasteiger partial charge on any atom is -0.330 e. The standard InChI is InChI=1S/C18H20ClF3N6O/c1-10(2)27(9-14-11(3)28(26-24-14)15-7-8-23-25-15)17(29)12-5-4-6-13(16(12)19)18(20,21)22/h4-8,10,24,26H,9H2,1-3H3,(H,23,25). The molecule has 0 saturated carbocycles. The van der Waals surface area contributed by atoms with Crippen LogP contribution in [0.5, 0.6) is 0 Å². The smallest absolute Gasteiger partial charge is 0.330 e. The third-order valence-electron chi connectivity index (χ3n) is 4.56. The van der Waals surface area contributed by atoms with Crippen LogP contribution in [0, 0.1) is 0 Å². The zero-order valence-electron chi connectivity index (χ0n) is 15.9.